The number of hydrogen-bond acceptors (Lipinski definition) is 6. The van der Waals surface area contributed by atoms with Gasteiger partial charge in [-0.15, -0.1) is 22.7 Å². The number of nitrogens with zero attached hydrogens (tertiary/aromatic N) is 4. The maximum absolute atomic E-state index is 5.05. The molecule has 0 amide bonds. The Kier molecular flexibility index (Phi) is 6.47. The largest absolute Gasteiger partial charge is 0.236 e. The van der Waals surface area contributed by atoms with Gasteiger partial charge in [-0.3, -0.25) is 0 Å². The molecule has 0 N–H and O–H groups in total. The first-order valence-electron chi connectivity index (χ1n) is 15.1. The van der Waals surface area contributed by atoms with Crippen LogP contribution in [0.15, 0.2) is 146 Å². The summed E-state index contributed by atoms with van der Waals surface area (Å²) in [4.78, 5) is 19.9. The average Bonchev–Trinajstić information content (AvgIpc) is 3.74. The lowest BCUT2D eigenvalue weighted by atomic mass is 9.99. The van der Waals surface area contributed by atoms with Crippen LogP contribution in [0.2, 0.25) is 0 Å². The number of hydrogen-bond donors (Lipinski definition) is 0. The van der Waals surface area contributed by atoms with Gasteiger partial charge in [0.25, 0.3) is 0 Å². The van der Waals surface area contributed by atoms with Gasteiger partial charge in [0.2, 0.25) is 0 Å². The summed E-state index contributed by atoms with van der Waals surface area (Å²) in [6.07, 6.45) is 0. The lowest BCUT2D eigenvalue weighted by molar-refractivity contribution is 1.08. The van der Waals surface area contributed by atoms with E-state index in [-0.39, 0.29) is 0 Å². The highest BCUT2D eigenvalue weighted by molar-refractivity contribution is 7.26. The lowest BCUT2D eigenvalue weighted by Gasteiger charge is -2.09. The third-order valence-electron chi connectivity index (χ3n) is 8.20. The molecule has 46 heavy (non-hydrogen) atoms. The number of thiazole rings is 1. The molecule has 216 valence electrons. The van der Waals surface area contributed by atoms with Crippen LogP contribution in [0.25, 0.3) is 86.3 Å². The maximum Gasteiger partial charge on any atom is 0.164 e. The highest BCUT2D eigenvalue weighted by Gasteiger charge is 2.18. The van der Waals surface area contributed by atoms with Gasteiger partial charge in [0.05, 0.1) is 10.2 Å². The van der Waals surface area contributed by atoms with Gasteiger partial charge in [-0.1, -0.05) is 127 Å². The minimum absolute atomic E-state index is 0.662. The molecule has 9 rings (SSSR count). The fourth-order valence-corrected chi connectivity index (χ4v) is 8.21. The Bertz CT molecular complexity index is 2430. The molecular formula is C40H24N4S2. The van der Waals surface area contributed by atoms with E-state index in [2.05, 4.69) is 78.9 Å². The van der Waals surface area contributed by atoms with E-state index >= 15 is 0 Å². The molecule has 0 spiro atoms. The smallest absolute Gasteiger partial charge is 0.164 e. The van der Waals surface area contributed by atoms with E-state index in [0.717, 1.165) is 32.8 Å². The third-order valence-corrected chi connectivity index (χ3v) is 10.5. The minimum Gasteiger partial charge on any atom is -0.236 e. The number of rotatable bonds is 5. The van der Waals surface area contributed by atoms with E-state index in [1.54, 1.807) is 11.3 Å². The van der Waals surface area contributed by atoms with Crippen LogP contribution in [0, 0.1) is 0 Å². The van der Waals surface area contributed by atoms with Crippen molar-refractivity contribution in [3.05, 3.63) is 146 Å². The van der Waals surface area contributed by atoms with E-state index in [1.807, 2.05) is 78.1 Å². The summed E-state index contributed by atoms with van der Waals surface area (Å²) in [6, 6.07) is 50.4. The summed E-state index contributed by atoms with van der Waals surface area (Å²) in [5.41, 5.74) is 7.50. The Balaban J connectivity index is 1.18. The van der Waals surface area contributed by atoms with Crippen molar-refractivity contribution in [2.45, 2.75) is 0 Å². The highest BCUT2D eigenvalue weighted by atomic mass is 32.1. The topological polar surface area (TPSA) is 51.6 Å². The van der Waals surface area contributed by atoms with Gasteiger partial charge in [0.15, 0.2) is 17.5 Å². The van der Waals surface area contributed by atoms with E-state index in [1.165, 1.54) is 36.0 Å². The first-order chi connectivity index (χ1) is 22.8. The summed E-state index contributed by atoms with van der Waals surface area (Å²) in [5.74, 6) is 1.99. The van der Waals surface area contributed by atoms with Gasteiger partial charge in [-0.25, -0.2) is 19.9 Å². The second-order valence-electron chi connectivity index (χ2n) is 11.1. The SMILES string of the molecule is c1ccc(-c2nc(-c3ccccc3)nc(-c3cccc4sc5c(-c6ccc(-c7nc8ccccc8s7)cc6)cccc5c34)n2)cc1. The number of thiophene rings is 1. The zero-order valence-corrected chi connectivity index (χ0v) is 26.1. The molecule has 3 aromatic heterocycles. The fourth-order valence-electron chi connectivity index (χ4n) is 5.98. The van der Waals surface area contributed by atoms with Crippen LogP contribution >= 0.6 is 22.7 Å². The molecule has 0 aliphatic carbocycles. The summed E-state index contributed by atoms with van der Waals surface area (Å²) in [5, 5.41) is 3.41. The van der Waals surface area contributed by atoms with E-state index in [9.17, 15) is 0 Å². The van der Waals surface area contributed by atoms with Gasteiger partial charge in [-0.2, -0.15) is 0 Å². The molecule has 0 bridgehead atoms. The normalized spacial score (nSPS) is 11.5. The van der Waals surface area contributed by atoms with Crippen molar-refractivity contribution in [1.29, 1.82) is 0 Å². The van der Waals surface area contributed by atoms with Crippen LogP contribution in [0.3, 0.4) is 0 Å². The number of fused-ring (bicyclic) bond motifs is 4. The summed E-state index contributed by atoms with van der Waals surface area (Å²) in [7, 11) is 0. The van der Waals surface area contributed by atoms with Crippen molar-refractivity contribution in [2.24, 2.45) is 0 Å². The van der Waals surface area contributed by atoms with Crippen molar-refractivity contribution in [3.63, 3.8) is 0 Å². The van der Waals surface area contributed by atoms with Crippen LogP contribution < -0.4 is 0 Å². The molecule has 0 saturated heterocycles. The molecule has 3 heterocycles. The zero-order valence-electron chi connectivity index (χ0n) is 24.5. The van der Waals surface area contributed by atoms with Crippen molar-refractivity contribution in [2.75, 3.05) is 0 Å². The van der Waals surface area contributed by atoms with Crippen molar-refractivity contribution in [3.8, 4) is 55.9 Å². The Labute approximate surface area is 273 Å². The van der Waals surface area contributed by atoms with Crippen LogP contribution in [0.5, 0.6) is 0 Å². The van der Waals surface area contributed by atoms with Gasteiger partial charge >= 0.3 is 0 Å². The van der Waals surface area contributed by atoms with E-state index < -0.39 is 0 Å². The predicted molar refractivity (Wildman–Crippen MR) is 193 cm³/mol. The molecule has 0 radical (unpaired) electrons. The Morgan fingerprint density at radius 1 is 0.370 bits per heavy atom. The molecule has 6 heteroatoms. The van der Waals surface area contributed by atoms with Gasteiger partial charge in [0, 0.05) is 42.4 Å². The molecule has 0 unspecified atom stereocenters. The summed E-state index contributed by atoms with van der Waals surface area (Å²) < 4.78 is 3.66. The van der Waals surface area contributed by atoms with E-state index in [4.69, 9.17) is 19.9 Å². The molecule has 0 fully saturated rings. The van der Waals surface area contributed by atoms with Crippen LogP contribution in [0.4, 0.5) is 0 Å². The molecule has 9 aromatic rings. The van der Waals surface area contributed by atoms with Gasteiger partial charge < -0.3 is 0 Å². The second-order valence-corrected chi connectivity index (χ2v) is 13.1. The van der Waals surface area contributed by atoms with Crippen LogP contribution in [-0.2, 0) is 0 Å². The van der Waals surface area contributed by atoms with E-state index in [0.29, 0.717) is 17.5 Å². The average molecular weight is 625 g/mol. The Morgan fingerprint density at radius 2 is 0.957 bits per heavy atom. The maximum atomic E-state index is 5.05. The standard InChI is InChI=1S/C40H24N4S2/c1-3-11-26(12-4-1)37-42-38(27-13-5-2-6-14-27)44-39(43-37)31-17-10-20-34-35(31)30-16-9-15-29(36(30)45-34)25-21-23-28(24-22-25)40-41-32-18-7-8-19-33(32)46-40/h1-24H. The molecule has 0 saturated carbocycles. The quantitative estimate of drug-likeness (QED) is 0.191. The molecule has 0 aliphatic rings. The molecule has 6 aromatic carbocycles. The first kappa shape index (κ1) is 26.8. The van der Waals surface area contributed by atoms with Gasteiger partial charge in [0.1, 0.15) is 5.01 Å². The minimum atomic E-state index is 0.662. The third kappa shape index (κ3) is 4.67. The monoisotopic (exact) mass is 624 g/mol. The number of benzene rings is 6. The summed E-state index contributed by atoms with van der Waals surface area (Å²) in [6.45, 7) is 0. The highest BCUT2D eigenvalue weighted by Crippen LogP contribution is 2.44. The Morgan fingerprint density at radius 3 is 1.67 bits per heavy atom. The summed E-state index contributed by atoms with van der Waals surface area (Å²) >= 11 is 3.55. The molecule has 0 atom stereocenters. The molecule has 4 nitrogen and oxygen atoms in total. The van der Waals surface area contributed by atoms with Crippen molar-refractivity contribution in [1.82, 2.24) is 19.9 Å². The van der Waals surface area contributed by atoms with Crippen LogP contribution in [0.1, 0.15) is 0 Å². The Hall–Kier alpha value is -5.56. The van der Waals surface area contributed by atoms with Gasteiger partial charge in [-0.05, 0) is 29.3 Å². The molecule has 0 aliphatic heterocycles. The van der Waals surface area contributed by atoms with Crippen molar-refractivity contribution >= 4 is 53.1 Å². The van der Waals surface area contributed by atoms with Crippen molar-refractivity contribution < 1.29 is 0 Å². The number of para-hydroxylation sites is 1. The predicted octanol–water partition coefficient (Wildman–Crippen LogP) is 11.2. The molecular weight excluding hydrogens is 601 g/mol. The first-order valence-corrected chi connectivity index (χ1v) is 16.7. The lowest BCUT2D eigenvalue weighted by Crippen LogP contribution is -2.00. The fraction of sp³-hybridized carbons (Fsp3) is 0. The van der Waals surface area contributed by atoms with Crippen LogP contribution in [-0.4, -0.2) is 19.9 Å². The number of aromatic nitrogens is 4. The zero-order chi connectivity index (χ0) is 30.5. The second kappa shape index (κ2) is 11.1.